The van der Waals surface area contributed by atoms with E-state index in [1.807, 2.05) is 30.3 Å². The Morgan fingerprint density at radius 3 is 2.35 bits per heavy atom. The van der Waals surface area contributed by atoms with Crippen LogP contribution in [-0.4, -0.2) is 30.4 Å². The quantitative estimate of drug-likeness (QED) is 0.849. The molecule has 0 saturated heterocycles. The summed E-state index contributed by atoms with van der Waals surface area (Å²) in [5.74, 6) is -2.35. The van der Waals surface area contributed by atoms with Gasteiger partial charge in [0.1, 0.15) is 0 Å². The number of hydrogen-bond donors (Lipinski definition) is 2. The van der Waals surface area contributed by atoms with Gasteiger partial charge in [0.15, 0.2) is 6.29 Å². The number of carbonyl (C=O) groups is 1. The van der Waals surface area contributed by atoms with Crippen LogP contribution in [-0.2, 0) is 9.63 Å². The predicted octanol–water partition coefficient (Wildman–Crippen LogP) is 2.33. The third-order valence-corrected chi connectivity index (χ3v) is 4.20. The van der Waals surface area contributed by atoms with Crippen molar-refractivity contribution in [2.24, 2.45) is 11.5 Å². The number of nitrogens with two attached hydrogens (primary N) is 2. The molecule has 1 aliphatic rings. The van der Waals surface area contributed by atoms with Gasteiger partial charge in [0.2, 0.25) is 0 Å². The first-order chi connectivity index (χ1) is 12.2. The molecule has 6 nitrogen and oxygen atoms in total. The molecular formula is C17H17F3N4O2. The van der Waals surface area contributed by atoms with Gasteiger partial charge in [-0.25, -0.2) is 4.79 Å². The van der Waals surface area contributed by atoms with Crippen LogP contribution in [0.2, 0.25) is 0 Å². The van der Waals surface area contributed by atoms with Crippen LogP contribution in [0.15, 0.2) is 48.5 Å². The minimum absolute atomic E-state index is 0.210. The number of hydroxylamine groups is 1. The SMILES string of the molecule is CN1C(N)c2ccc(-c3ccccc3)cc2N(OC(=O)C(F)(F)F)C1N. The second-order valence-electron chi connectivity index (χ2n) is 5.87. The molecule has 1 heterocycles. The van der Waals surface area contributed by atoms with Gasteiger partial charge in [-0.3, -0.25) is 10.6 Å². The highest BCUT2D eigenvalue weighted by Crippen LogP contribution is 2.37. The molecule has 2 atom stereocenters. The van der Waals surface area contributed by atoms with E-state index in [1.54, 1.807) is 18.2 Å². The number of fused-ring (bicyclic) bond motifs is 1. The molecule has 1 aliphatic heterocycles. The van der Waals surface area contributed by atoms with Crippen LogP contribution < -0.4 is 16.5 Å². The van der Waals surface area contributed by atoms with Gasteiger partial charge in [0, 0.05) is 5.56 Å². The minimum Gasteiger partial charge on any atom is -0.329 e. The number of benzene rings is 2. The molecule has 2 aromatic rings. The summed E-state index contributed by atoms with van der Waals surface area (Å²) in [4.78, 5) is 17.3. The van der Waals surface area contributed by atoms with Gasteiger partial charge in [0.05, 0.1) is 11.9 Å². The maximum absolute atomic E-state index is 12.6. The lowest BCUT2D eigenvalue weighted by Crippen LogP contribution is -2.60. The van der Waals surface area contributed by atoms with E-state index in [0.717, 1.165) is 16.2 Å². The van der Waals surface area contributed by atoms with Gasteiger partial charge >= 0.3 is 12.1 Å². The van der Waals surface area contributed by atoms with Crippen LogP contribution in [0.3, 0.4) is 0 Å². The maximum atomic E-state index is 12.6. The zero-order valence-electron chi connectivity index (χ0n) is 13.8. The zero-order valence-corrected chi connectivity index (χ0v) is 13.8. The molecule has 0 saturated carbocycles. The zero-order chi connectivity index (χ0) is 19.1. The lowest BCUT2D eigenvalue weighted by Gasteiger charge is -2.43. The molecule has 0 aromatic heterocycles. The Hall–Kier alpha value is -2.62. The largest absolute Gasteiger partial charge is 0.493 e. The van der Waals surface area contributed by atoms with Gasteiger partial charge in [-0.1, -0.05) is 42.5 Å². The minimum atomic E-state index is -5.14. The fourth-order valence-corrected chi connectivity index (χ4v) is 2.73. The van der Waals surface area contributed by atoms with E-state index in [4.69, 9.17) is 11.5 Å². The van der Waals surface area contributed by atoms with Crippen molar-refractivity contribution >= 4 is 11.7 Å². The van der Waals surface area contributed by atoms with Crippen LogP contribution >= 0.6 is 0 Å². The second kappa shape index (κ2) is 6.60. The third-order valence-electron chi connectivity index (χ3n) is 4.20. The van der Waals surface area contributed by atoms with E-state index in [-0.39, 0.29) is 5.69 Å². The molecule has 0 bridgehead atoms. The summed E-state index contributed by atoms with van der Waals surface area (Å²) in [6.45, 7) is 0. The van der Waals surface area contributed by atoms with Crippen molar-refractivity contribution in [2.75, 3.05) is 12.1 Å². The average Bonchev–Trinajstić information content (AvgIpc) is 2.62. The molecule has 2 unspecified atom stereocenters. The Labute approximate surface area is 147 Å². The summed E-state index contributed by atoms with van der Waals surface area (Å²) >= 11 is 0. The summed E-state index contributed by atoms with van der Waals surface area (Å²) in [5, 5.41) is 0.737. The predicted molar refractivity (Wildman–Crippen MR) is 89.2 cm³/mol. The standard InChI is InChI=1S/C17H17F3N4O2/c1-23-14(21)12-8-7-11(10-5-3-2-4-6-10)9-13(12)24(16(23)22)26-15(25)17(18,19)20/h2-9,14,16H,21-22H2,1H3. The first-order valence-electron chi connectivity index (χ1n) is 7.71. The fraction of sp³-hybridized carbons (Fsp3) is 0.235. The molecule has 3 rings (SSSR count). The van der Waals surface area contributed by atoms with E-state index in [1.165, 1.54) is 11.9 Å². The number of carbonyl (C=O) groups excluding carboxylic acids is 1. The molecule has 0 spiro atoms. The molecule has 0 amide bonds. The van der Waals surface area contributed by atoms with Crippen molar-refractivity contribution in [3.05, 3.63) is 54.1 Å². The molecule has 138 valence electrons. The van der Waals surface area contributed by atoms with Gasteiger partial charge in [-0.2, -0.15) is 18.2 Å². The second-order valence-corrected chi connectivity index (χ2v) is 5.87. The van der Waals surface area contributed by atoms with E-state index >= 15 is 0 Å². The third kappa shape index (κ3) is 3.24. The number of halogens is 3. The lowest BCUT2D eigenvalue weighted by molar-refractivity contribution is -0.204. The summed E-state index contributed by atoms with van der Waals surface area (Å²) in [6.07, 6.45) is -6.98. The maximum Gasteiger partial charge on any atom is 0.493 e. The Kier molecular flexibility index (Phi) is 4.61. The van der Waals surface area contributed by atoms with Crippen molar-refractivity contribution in [1.29, 1.82) is 0 Å². The highest BCUT2D eigenvalue weighted by molar-refractivity contribution is 5.78. The number of alkyl halides is 3. The van der Waals surface area contributed by atoms with Crippen molar-refractivity contribution in [3.63, 3.8) is 0 Å². The van der Waals surface area contributed by atoms with E-state index < -0.39 is 24.6 Å². The van der Waals surface area contributed by atoms with Gasteiger partial charge < -0.3 is 10.6 Å². The summed E-state index contributed by atoms with van der Waals surface area (Å²) in [6, 6.07) is 14.3. The summed E-state index contributed by atoms with van der Waals surface area (Å²) < 4.78 is 37.9. The van der Waals surface area contributed by atoms with Crippen LogP contribution in [0.1, 0.15) is 11.7 Å². The van der Waals surface area contributed by atoms with Crippen molar-refractivity contribution < 1.29 is 22.8 Å². The van der Waals surface area contributed by atoms with Gasteiger partial charge in [-0.15, -0.1) is 0 Å². The lowest BCUT2D eigenvalue weighted by atomic mass is 9.99. The van der Waals surface area contributed by atoms with Crippen molar-refractivity contribution in [2.45, 2.75) is 18.6 Å². The average molecular weight is 366 g/mol. The number of anilines is 1. The van der Waals surface area contributed by atoms with Gasteiger partial charge in [0.25, 0.3) is 0 Å². The Bertz CT molecular complexity index is 813. The van der Waals surface area contributed by atoms with E-state index in [9.17, 15) is 18.0 Å². The summed E-state index contributed by atoms with van der Waals surface area (Å²) in [5.41, 5.74) is 14.3. The highest BCUT2D eigenvalue weighted by Gasteiger charge is 2.45. The Balaban J connectivity index is 2.06. The van der Waals surface area contributed by atoms with Crippen molar-refractivity contribution in [1.82, 2.24) is 4.90 Å². The molecular weight excluding hydrogens is 349 g/mol. The summed E-state index contributed by atoms with van der Waals surface area (Å²) in [7, 11) is 1.53. The molecule has 2 aromatic carbocycles. The fourth-order valence-electron chi connectivity index (χ4n) is 2.73. The van der Waals surface area contributed by atoms with Crippen LogP contribution in [0.4, 0.5) is 18.9 Å². The van der Waals surface area contributed by atoms with E-state index in [2.05, 4.69) is 4.84 Å². The first-order valence-corrected chi connectivity index (χ1v) is 7.71. The van der Waals surface area contributed by atoms with Crippen LogP contribution in [0, 0.1) is 0 Å². The number of hydrogen-bond acceptors (Lipinski definition) is 6. The van der Waals surface area contributed by atoms with Gasteiger partial charge in [-0.05, 0) is 24.2 Å². The Morgan fingerprint density at radius 2 is 1.73 bits per heavy atom. The smallest absolute Gasteiger partial charge is 0.329 e. The van der Waals surface area contributed by atoms with Crippen LogP contribution in [0.25, 0.3) is 11.1 Å². The number of nitrogens with zero attached hydrogens (tertiary/aromatic N) is 2. The van der Waals surface area contributed by atoms with Crippen molar-refractivity contribution in [3.8, 4) is 11.1 Å². The van der Waals surface area contributed by atoms with E-state index in [0.29, 0.717) is 5.56 Å². The molecule has 0 aliphatic carbocycles. The topological polar surface area (TPSA) is 84.8 Å². The molecule has 26 heavy (non-hydrogen) atoms. The highest BCUT2D eigenvalue weighted by atomic mass is 19.4. The first kappa shape index (κ1) is 18.2. The molecule has 0 radical (unpaired) electrons. The molecule has 0 fully saturated rings. The van der Waals surface area contributed by atoms with Crippen LogP contribution in [0.5, 0.6) is 0 Å². The molecule has 9 heteroatoms. The monoisotopic (exact) mass is 366 g/mol. The Morgan fingerprint density at radius 1 is 1.08 bits per heavy atom. The molecule has 4 N–H and O–H groups in total. The number of rotatable bonds is 2. The normalized spacial score (nSPS) is 20.6.